The summed E-state index contributed by atoms with van der Waals surface area (Å²) in [5.74, 6) is 3.92. The number of nitrogens with zero attached hydrogens (tertiary/aromatic N) is 2. The van der Waals surface area contributed by atoms with Gasteiger partial charge in [0.05, 0.1) is 6.04 Å². The van der Waals surface area contributed by atoms with Gasteiger partial charge < -0.3 is 0 Å². The number of hydrogen-bond donors (Lipinski definition) is 0. The molecule has 1 atom stereocenters. The number of amides is 4. The van der Waals surface area contributed by atoms with Crippen LogP contribution in [0.15, 0.2) is 30.3 Å². The molecule has 1 aromatic rings. The highest BCUT2D eigenvalue weighted by atomic mass is 16.2. The van der Waals surface area contributed by atoms with Crippen molar-refractivity contribution in [2.24, 2.45) is 0 Å². The molecular formula is C16H16N2O3. The fraction of sp³-hybridized carbons (Fsp3) is 0.312. The quantitative estimate of drug-likeness (QED) is 0.482. The van der Waals surface area contributed by atoms with Crippen molar-refractivity contribution in [3.05, 3.63) is 35.9 Å². The minimum absolute atomic E-state index is 0.141. The number of imide groups is 2. The third-order valence-corrected chi connectivity index (χ3v) is 3.39. The Morgan fingerprint density at radius 3 is 2.38 bits per heavy atom. The second kappa shape index (κ2) is 6.23. The molecule has 21 heavy (non-hydrogen) atoms. The molecule has 1 saturated heterocycles. The number of benzene rings is 1. The average molecular weight is 284 g/mol. The van der Waals surface area contributed by atoms with Crippen molar-refractivity contribution in [1.82, 2.24) is 9.80 Å². The Bertz CT molecular complexity index is 628. The summed E-state index contributed by atoms with van der Waals surface area (Å²) in [6.07, 6.45) is 0.370. The highest BCUT2D eigenvalue weighted by Gasteiger charge is 2.46. The van der Waals surface area contributed by atoms with Gasteiger partial charge in [-0.15, -0.1) is 11.8 Å². The molecule has 1 aliphatic heterocycles. The molecule has 2 rings (SSSR count). The Morgan fingerprint density at radius 2 is 1.76 bits per heavy atom. The minimum Gasteiger partial charge on any atom is -0.263 e. The molecule has 0 spiro atoms. The van der Waals surface area contributed by atoms with Crippen LogP contribution in [0, 0.1) is 11.8 Å². The van der Waals surface area contributed by atoms with Crippen LogP contribution < -0.4 is 0 Å². The third-order valence-electron chi connectivity index (χ3n) is 3.39. The van der Waals surface area contributed by atoms with Crippen molar-refractivity contribution in [3.63, 3.8) is 0 Å². The summed E-state index contributed by atoms with van der Waals surface area (Å²) in [6.45, 7) is 3.55. The maximum Gasteiger partial charge on any atom is 0.334 e. The van der Waals surface area contributed by atoms with Crippen molar-refractivity contribution >= 4 is 17.8 Å². The lowest BCUT2D eigenvalue weighted by atomic mass is 10.1. The molecule has 1 unspecified atom stereocenters. The predicted molar refractivity (Wildman–Crippen MR) is 76.9 cm³/mol. The molecule has 1 aliphatic rings. The van der Waals surface area contributed by atoms with E-state index in [4.69, 9.17) is 0 Å². The molecule has 0 bridgehead atoms. The van der Waals surface area contributed by atoms with E-state index in [1.54, 1.807) is 13.8 Å². The van der Waals surface area contributed by atoms with E-state index < -0.39 is 23.9 Å². The van der Waals surface area contributed by atoms with Gasteiger partial charge in [0.2, 0.25) is 0 Å². The van der Waals surface area contributed by atoms with E-state index in [-0.39, 0.29) is 6.54 Å². The molecule has 0 saturated carbocycles. The van der Waals surface area contributed by atoms with E-state index in [0.29, 0.717) is 6.42 Å². The van der Waals surface area contributed by atoms with Crippen LogP contribution in [0.25, 0.3) is 0 Å². The Morgan fingerprint density at radius 1 is 1.10 bits per heavy atom. The maximum absolute atomic E-state index is 12.3. The first-order valence-corrected chi connectivity index (χ1v) is 6.71. The van der Waals surface area contributed by atoms with Gasteiger partial charge in [-0.25, -0.2) is 9.69 Å². The predicted octanol–water partition coefficient (Wildman–Crippen LogP) is 1.95. The van der Waals surface area contributed by atoms with Crippen molar-refractivity contribution in [3.8, 4) is 11.8 Å². The lowest BCUT2D eigenvalue weighted by molar-refractivity contribution is -0.143. The average Bonchev–Trinajstić information content (AvgIpc) is 2.71. The fourth-order valence-corrected chi connectivity index (χ4v) is 2.23. The Labute approximate surface area is 123 Å². The molecule has 1 aromatic carbocycles. The fourth-order valence-electron chi connectivity index (χ4n) is 2.23. The van der Waals surface area contributed by atoms with Gasteiger partial charge in [-0.1, -0.05) is 30.3 Å². The molecule has 0 radical (unpaired) electrons. The van der Waals surface area contributed by atoms with Gasteiger partial charge in [-0.2, -0.15) is 0 Å². The van der Waals surface area contributed by atoms with Gasteiger partial charge in [-0.3, -0.25) is 14.5 Å². The number of carbonyl (C=O) groups excluding carboxylic acids is 3. The normalized spacial score (nSPS) is 16.0. The smallest absolute Gasteiger partial charge is 0.263 e. The van der Waals surface area contributed by atoms with Crippen molar-refractivity contribution in [1.29, 1.82) is 0 Å². The van der Waals surface area contributed by atoms with Crippen LogP contribution in [-0.2, 0) is 9.59 Å². The van der Waals surface area contributed by atoms with Crippen LogP contribution in [0.4, 0.5) is 4.79 Å². The second-order valence-corrected chi connectivity index (χ2v) is 4.68. The van der Waals surface area contributed by atoms with Crippen LogP contribution in [0.5, 0.6) is 0 Å². The molecule has 5 heteroatoms. The second-order valence-electron chi connectivity index (χ2n) is 4.68. The summed E-state index contributed by atoms with van der Waals surface area (Å²) in [5.41, 5.74) is 0.808. The van der Waals surface area contributed by atoms with Gasteiger partial charge in [0.25, 0.3) is 0 Å². The van der Waals surface area contributed by atoms with E-state index in [1.165, 1.54) is 0 Å². The molecule has 1 heterocycles. The van der Waals surface area contributed by atoms with Crippen LogP contribution in [0.3, 0.4) is 0 Å². The molecule has 0 aliphatic carbocycles. The summed E-state index contributed by atoms with van der Waals surface area (Å²) in [6, 6.07) is 8.10. The van der Waals surface area contributed by atoms with Crippen molar-refractivity contribution in [2.75, 3.05) is 6.54 Å². The van der Waals surface area contributed by atoms with E-state index in [2.05, 4.69) is 11.8 Å². The van der Waals surface area contributed by atoms with Crippen LogP contribution in [0.1, 0.15) is 31.9 Å². The first-order chi connectivity index (χ1) is 10.1. The largest absolute Gasteiger partial charge is 0.334 e. The van der Waals surface area contributed by atoms with Crippen molar-refractivity contribution in [2.45, 2.75) is 26.3 Å². The Balaban J connectivity index is 2.20. The van der Waals surface area contributed by atoms with Gasteiger partial charge >= 0.3 is 17.8 Å². The van der Waals surface area contributed by atoms with Crippen LogP contribution >= 0.6 is 0 Å². The van der Waals surface area contributed by atoms with Crippen LogP contribution in [-0.4, -0.2) is 34.2 Å². The first kappa shape index (κ1) is 14.8. The minimum atomic E-state index is -0.777. The summed E-state index contributed by atoms with van der Waals surface area (Å²) >= 11 is 0. The summed E-state index contributed by atoms with van der Waals surface area (Å²) in [7, 11) is 0. The summed E-state index contributed by atoms with van der Waals surface area (Å²) in [5, 5.41) is 0. The number of urea groups is 1. The Kier molecular flexibility index (Phi) is 4.39. The van der Waals surface area contributed by atoms with E-state index in [1.807, 2.05) is 30.3 Å². The standard InChI is InChI=1S/C16H16N2O3/c1-3-4-8-11-17-14(19)15(20)18(16(17)21)12(2)13-9-6-5-7-10-13/h5-7,9-10,12H,8,11H2,1-2H3. The Hall–Kier alpha value is -2.61. The molecule has 5 nitrogen and oxygen atoms in total. The molecule has 108 valence electrons. The molecule has 0 N–H and O–H groups in total. The van der Waals surface area contributed by atoms with Gasteiger partial charge in [-0.05, 0) is 19.4 Å². The number of carbonyl (C=O) groups is 3. The monoisotopic (exact) mass is 284 g/mol. The van der Waals surface area contributed by atoms with Gasteiger partial charge in [0.15, 0.2) is 0 Å². The third kappa shape index (κ3) is 2.79. The SMILES string of the molecule is CC#CCCN1C(=O)C(=O)N(C(C)c2ccccc2)C1=O. The summed E-state index contributed by atoms with van der Waals surface area (Å²) in [4.78, 5) is 38.2. The topological polar surface area (TPSA) is 57.7 Å². The highest BCUT2D eigenvalue weighted by Crippen LogP contribution is 2.26. The number of hydrogen-bond acceptors (Lipinski definition) is 3. The zero-order chi connectivity index (χ0) is 15.4. The summed E-state index contributed by atoms with van der Waals surface area (Å²) < 4.78 is 0. The van der Waals surface area contributed by atoms with E-state index in [0.717, 1.165) is 15.4 Å². The van der Waals surface area contributed by atoms with Gasteiger partial charge in [0.1, 0.15) is 0 Å². The van der Waals surface area contributed by atoms with E-state index >= 15 is 0 Å². The lowest BCUT2D eigenvalue weighted by Gasteiger charge is -2.22. The molecule has 4 amide bonds. The molecular weight excluding hydrogens is 268 g/mol. The molecule has 0 aromatic heterocycles. The van der Waals surface area contributed by atoms with Gasteiger partial charge in [0, 0.05) is 13.0 Å². The number of rotatable bonds is 4. The highest BCUT2D eigenvalue weighted by molar-refractivity contribution is 6.44. The maximum atomic E-state index is 12.3. The zero-order valence-corrected chi connectivity index (χ0v) is 12.0. The van der Waals surface area contributed by atoms with Crippen LogP contribution in [0.2, 0.25) is 0 Å². The molecule has 1 fully saturated rings. The zero-order valence-electron chi connectivity index (χ0n) is 12.0. The first-order valence-electron chi connectivity index (χ1n) is 6.71. The van der Waals surface area contributed by atoms with Crippen molar-refractivity contribution < 1.29 is 14.4 Å². The van der Waals surface area contributed by atoms with E-state index in [9.17, 15) is 14.4 Å². The lowest BCUT2D eigenvalue weighted by Crippen LogP contribution is -2.35.